The lowest BCUT2D eigenvalue weighted by Gasteiger charge is -2.14. The third-order valence-electron chi connectivity index (χ3n) is 4.32. The average Bonchev–Trinajstić information content (AvgIpc) is 3.11. The molecule has 1 aliphatic heterocycles. The number of hydrogen-bond acceptors (Lipinski definition) is 5. The fourth-order valence-corrected chi connectivity index (χ4v) is 3.04. The number of hydrogen-bond donors (Lipinski definition) is 2. The summed E-state index contributed by atoms with van der Waals surface area (Å²) in [4.78, 5) is 8.66. The zero-order valence-corrected chi connectivity index (χ0v) is 13.0. The van der Waals surface area contributed by atoms with E-state index in [1.165, 1.54) is 18.5 Å². The van der Waals surface area contributed by atoms with Gasteiger partial charge in [0.25, 0.3) is 0 Å². The van der Waals surface area contributed by atoms with E-state index in [0.717, 1.165) is 40.9 Å². The van der Waals surface area contributed by atoms with Gasteiger partial charge in [0.2, 0.25) is 0 Å². The Bertz CT molecular complexity index is 876. The lowest BCUT2D eigenvalue weighted by molar-refractivity contribution is 0.194. The molecule has 1 aromatic heterocycles. The molecular weight excluding hydrogens is 307 g/mol. The van der Waals surface area contributed by atoms with Gasteiger partial charge in [-0.3, -0.25) is 0 Å². The summed E-state index contributed by atoms with van der Waals surface area (Å²) in [6.45, 7) is 1.46. The first-order valence-corrected chi connectivity index (χ1v) is 7.85. The summed E-state index contributed by atoms with van der Waals surface area (Å²) in [5.74, 6) is 0.686. The second-order valence-electron chi connectivity index (χ2n) is 5.91. The van der Waals surface area contributed by atoms with E-state index in [4.69, 9.17) is 10.5 Å². The highest BCUT2D eigenvalue weighted by molar-refractivity contribution is 5.93. The summed E-state index contributed by atoms with van der Waals surface area (Å²) in [5, 5.41) is 4.03. The standard InChI is InChI=1S/C18H17FN4O/c19-12-1-3-13(4-2-12)23-18-15-7-16(20)14(11-5-6-24-9-11)8-17(15)21-10-22-18/h1-4,7-8,10-11H,5-6,9,20H2,(H,21,22,23)/t11-/m1/s1. The van der Waals surface area contributed by atoms with Gasteiger partial charge < -0.3 is 15.8 Å². The van der Waals surface area contributed by atoms with Crippen LogP contribution in [0.4, 0.5) is 21.6 Å². The molecule has 6 heteroatoms. The van der Waals surface area contributed by atoms with Crippen molar-refractivity contribution in [1.29, 1.82) is 0 Å². The molecule has 1 atom stereocenters. The number of anilines is 3. The van der Waals surface area contributed by atoms with Gasteiger partial charge in [0.15, 0.2) is 0 Å². The van der Waals surface area contributed by atoms with E-state index in [-0.39, 0.29) is 5.82 Å². The van der Waals surface area contributed by atoms with Gasteiger partial charge in [-0.2, -0.15) is 0 Å². The predicted molar refractivity (Wildman–Crippen MR) is 91.8 cm³/mol. The van der Waals surface area contributed by atoms with Crippen molar-refractivity contribution in [3.8, 4) is 0 Å². The van der Waals surface area contributed by atoms with Crippen LogP contribution in [0.15, 0.2) is 42.7 Å². The molecule has 0 aliphatic carbocycles. The van der Waals surface area contributed by atoms with Crippen molar-refractivity contribution < 1.29 is 9.13 Å². The molecule has 1 saturated heterocycles. The summed E-state index contributed by atoms with van der Waals surface area (Å²) in [6, 6.07) is 10.0. The number of nitrogens with one attached hydrogen (secondary N) is 1. The Labute approximate surface area is 138 Å². The highest BCUT2D eigenvalue weighted by Crippen LogP contribution is 2.34. The molecule has 0 radical (unpaired) electrons. The molecule has 2 heterocycles. The summed E-state index contributed by atoms with van der Waals surface area (Å²) >= 11 is 0. The van der Waals surface area contributed by atoms with Gasteiger partial charge in [0.05, 0.1) is 12.1 Å². The van der Waals surface area contributed by atoms with Crippen LogP contribution < -0.4 is 11.1 Å². The Balaban J connectivity index is 1.74. The van der Waals surface area contributed by atoms with Crippen molar-refractivity contribution in [3.63, 3.8) is 0 Å². The van der Waals surface area contributed by atoms with Crippen molar-refractivity contribution in [2.45, 2.75) is 12.3 Å². The third-order valence-corrected chi connectivity index (χ3v) is 4.32. The van der Waals surface area contributed by atoms with Gasteiger partial charge in [-0.15, -0.1) is 0 Å². The van der Waals surface area contributed by atoms with Gasteiger partial charge >= 0.3 is 0 Å². The summed E-state index contributed by atoms with van der Waals surface area (Å²) in [7, 11) is 0. The molecule has 0 bridgehead atoms. The minimum Gasteiger partial charge on any atom is -0.398 e. The number of nitrogen functional groups attached to an aromatic ring is 1. The number of ether oxygens (including phenoxy) is 1. The fraction of sp³-hybridized carbons (Fsp3) is 0.222. The topological polar surface area (TPSA) is 73.1 Å². The van der Waals surface area contributed by atoms with Crippen LogP contribution in [-0.4, -0.2) is 23.2 Å². The van der Waals surface area contributed by atoms with Crippen molar-refractivity contribution in [2.24, 2.45) is 0 Å². The van der Waals surface area contributed by atoms with Crippen LogP contribution in [0.25, 0.3) is 10.9 Å². The van der Waals surface area contributed by atoms with Crippen molar-refractivity contribution in [1.82, 2.24) is 9.97 Å². The van der Waals surface area contributed by atoms with E-state index >= 15 is 0 Å². The van der Waals surface area contributed by atoms with E-state index in [1.807, 2.05) is 12.1 Å². The third kappa shape index (κ3) is 2.76. The maximum absolute atomic E-state index is 13.0. The first-order chi connectivity index (χ1) is 11.7. The van der Waals surface area contributed by atoms with Crippen molar-refractivity contribution in [2.75, 3.05) is 24.3 Å². The molecule has 0 spiro atoms. The number of nitrogens with two attached hydrogens (primary N) is 1. The first kappa shape index (κ1) is 14.8. The molecule has 0 saturated carbocycles. The molecule has 24 heavy (non-hydrogen) atoms. The predicted octanol–water partition coefficient (Wildman–Crippen LogP) is 3.60. The number of nitrogens with zero attached hydrogens (tertiary/aromatic N) is 2. The van der Waals surface area contributed by atoms with Gasteiger partial charge in [0, 0.05) is 29.3 Å². The number of rotatable bonds is 3. The Morgan fingerprint density at radius 1 is 1.17 bits per heavy atom. The maximum atomic E-state index is 13.0. The molecule has 3 aromatic rings. The Morgan fingerprint density at radius 2 is 2.00 bits per heavy atom. The second-order valence-corrected chi connectivity index (χ2v) is 5.91. The van der Waals surface area contributed by atoms with Crippen LogP contribution in [-0.2, 0) is 4.74 Å². The fourth-order valence-electron chi connectivity index (χ4n) is 3.04. The Hall–Kier alpha value is -2.73. The Morgan fingerprint density at radius 3 is 2.75 bits per heavy atom. The molecular formula is C18H17FN4O. The van der Waals surface area contributed by atoms with E-state index in [2.05, 4.69) is 15.3 Å². The highest BCUT2D eigenvalue weighted by Gasteiger charge is 2.21. The minimum absolute atomic E-state index is 0.277. The largest absolute Gasteiger partial charge is 0.398 e. The smallest absolute Gasteiger partial charge is 0.141 e. The van der Waals surface area contributed by atoms with Gasteiger partial charge in [-0.05, 0) is 48.4 Å². The van der Waals surface area contributed by atoms with Crippen LogP contribution in [0, 0.1) is 5.82 Å². The van der Waals surface area contributed by atoms with Crippen LogP contribution in [0.2, 0.25) is 0 Å². The zero-order chi connectivity index (χ0) is 16.5. The lowest BCUT2D eigenvalue weighted by atomic mass is 9.95. The molecule has 122 valence electrons. The molecule has 1 aliphatic rings. The summed E-state index contributed by atoms with van der Waals surface area (Å²) in [6.07, 6.45) is 2.49. The van der Waals surface area contributed by atoms with E-state index < -0.39 is 0 Å². The zero-order valence-electron chi connectivity index (χ0n) is 13.0. The first-order valence-electron chi connectivity index (χ1n) is 7.85. The number of halogens is 1. The van der Waals surface area contributed by atoms with E-state index in [0.29, 0.717) is 18.3 Å². The molecule has 0 amide bonds. The van der Waals surface area contributed by atoms with Gasteiger partial charge in [0.1, 0.15) is 18.0 Å². The van der Waals surface area contributed by atoms with Crippen molar-refractivity contribution in [3.05, 3.63) is 54.1 Å². The Kier molecular flexibility index (Phi) is 3.74. The number of benzene rings is 2. The van der Waals surface area contributed by atoms with Crippen LogP contribution in [0.5, 0.6) is 0 Å². The minimum atomic E-state index is -0.277. The molecule has 0 unspecified atom stereocenters. The summed E-state index contributed by atoms with van der Waals surface area (Å²) in [5.41, 5.74) is 9.63. The van der Waals surface area contributed by atoms with Gasteiger partial charge in [-0.25, -0.2) is 14.4 Å². The monoisotopic (exact) mass is 324 g/mol. The molecule has 2 aromatic carbocycles. The normalized spacial score (nSPS) is 17.3. The summed E-state index contributed by atoms with van der Waals surface area (Å²) < 4.78 is 18.5. The maximum Gasteiger partial charge on any atom is 0.141 e. The van der Waals surface area contributed by atoms with E-state index in [9.17, 15) is 4.39 Å². The van der Waals surface area contributed by atoms with Crippen LogP contribution in [0.3, 0.4) is 0 Å². The van der Waals surface area contributed by atoms with Crippen LogP contribution >= 0.6 is 0 Å². The van der Waals surface area contributed by atoms with E-state index in [1.54, 1.807) is 12.1 Å². The van der Waals surface area contributed by atoms with Crippen LogP contribution in [0.1, 0.15) is 17.9 Å². The SMILES string of the molecule is Nc1cc2c(Nc3ccc(F)cc3)ncnc2cc1[C@@H]1CCOC1. The number of fused-ring (bicyclic) bond motifs is 1. The molecule has 4 rings (SSSR count). The number of aromatic nitrogens is 2. The molecule has 5 nitrogen and oxygen atoms in total. The van der Waals surface area contributed by atoms with Gasteiger partial charge in [-0.1, -0.05) is 0 Å². The molecule has 3 N–H and O–H groups in total. The molecule has 1 fully saturated rings. The highest BCUT2D eigenvalue weighted by atomic mass is 19.1. The average molecular weight is 324 g/mol. The van der Waals surface area contributed by atoms with Crippen molar-refractivity contribution >= 4 is 28.1 Å². The second kappa shape index (κ2) is 6.05. The lowest BCUT2D eigenvalue weighted by Crippen LogP contribution is -2.04. The quantitative estimate of drug-likeness (QED) is 0.720.